The van der Waals surface area contributed by atoms with Crippen molar-refractivity contribution in [3.63, 3.8) is 0 Å². The number of ether oxygens (including phenoxy) is 2. The van der Waals surface area contributed by atoms with Crippen molar-refractivity contribution in [1.29, 1.82) is 0 Å². The molecule has 0 radical (unpaired) electrons. The van der Waals surface area contributed by atoms with Crippen molar-refractivity contribution in [2.45, 2.75) is 32.6 Å². The third-order valence-corrected chi connectivity index (χ3v) is 5.53. The second-order valence-corrected chi connectivity index (χ2v) is 7.21. The van der Waals surface area contributed by atoms with Crippen LogP contribution in [-0.2, 0) is 0 Å². The zero-order chi connectivity index (χ0) is 19.7. The Balaban J connectivity index is 1.91. The van der Waals surface area contributed by atoms with E-state index >= 15 is 0 Å². The summed E-state index contributed by atoms with van der Waals surface area (Å²) in [5.74, 6) is 1.19. The van der Waals surface area contributed by atoms with Crippen molar-refractivity contribution in [1.82, 2.24) is 4.40 Å². The van der Waals surface area contributed by atoms with Crippen LogP contribution < -0.4 is 9.47 Å². The van der Waals surface area contributed by atoms with Crippen LogP contribution in [0.25, 0.3) is 11.1 Å². The molecular weight excluding hydrogens is 350 g/mol. The van der Waals surface area contributed by atoms with Crippen molar-refractivity contribution >= 4 is 16.9 Å². The van der Waals surface area contributed by atoms with Crippen LogP contribution in [0.5, 0.6) is 11.5 Å². The lowest BCUT2D eigenvalue weighted by Gasteiger charge is -2.13. The largest absolute Gasteiger partial charge is 0.497 e. The lowest BCUT2D eigenvalue weighted by atomic mass is 9.91. The molecule has 2 heterocycles. The predicted octanol–water partition coefficient (Wildman–Crippen LogP) is 5.45. The van der Waals surface area contributed by atoms with Gasteiger partial charge >= 0.3 is 0 Å². The van der Waals surface area contributed by atoms with E-state index in [1.54, 1.807) is 32.4 Å². The van der Waals surface area contributed by atoms with Gasteiger partial charge in [0.25, 0.3) is 0 Å². The molecule has 4 heteroatoms. The van der Waals surface area contributed by atoms with E-state index in [0.29, 0.717) is 22.8 Å². The molecule has 0 N–H and O–H groups in total. The third-order valence-electron chi connectivity index (χ3n) is 5.53. The SMILES string of the molecule is COc1cc(OC)cc(C(=O)c2c(C)c(C3=CCCCC3)c3ccccn23)c1. The van der Waals surface area contributed by atoms with Gasteiger partial charge in [0, 0.05) is 23.4 Å². The number of hydrogen-bond acceptors (Lipinski definition) is 3. The van der Waals surface area contributed by atoms with Crippen LogP contribution in [0.1, 0.15) is 52.9 Å². The molecule has 0 saturated heterocycles. The second kappa shape index (κ2) is 7.55. The topological polar surface area (TPSA) is 39.9 Å². The van der Waals surface area contributed by atoms with E-state index in [0.717, 1.165) is 23.9 Å². The zero-order valence-electron chi connectivity index (χ0n) is 16.6. The van der Waals surface area contributed by atoms with Crippen LogP contribution in [0.4, 0.5) is 0 Å². The van der Waals surface area contributed by atoms with Gasteiger partial charge in [-0.15, -0.1) is 0 Å². The van der Waals surface area contributed by atoms with Gasteiger partial charge in [-0.05, 0) is 68.0 Å². The third kappa shape index (κ3) is 3.09. The van der Waals surface area contributed by atoms with Crippen LogP contribution in [0.15, 0.2) is 48.7 Å². The number of fused-ring (bicyclic) bond motifs is 1. The molecule has 0 aliphatic heterocycles. The molecule has 3 aromatic rings. The summed E-state index contributed by atoms with van der Waals surface area (Å²) < 4.78 is 12.7. The highest BCUT2D eigenvalue weighted by atomic mass is 16.5. The molecule has 0 bridgehead atoms. The van der Waals surface area contributed by atoms with Crippen molar-refractivity contribution < 1.29 is 14.3 Å². The van der Waals surface area contributed by atoms with Crippen LogP contribution in [0.2, 0.25) is 0 Å². The Labute approximate surface area is 165 Å². The molecule has 0 spiro atoms. The molecule has 4 nitrogen and oxygen atoms in total. The Morgan fingerprint density at radius 3 is 2.43 bits per heavy atom. The van der Waals surface area contributed by atoms with E-state index in [1.807, 2.05) is 22.7 Å². The van der Waals surface area contributed by atoms with Gasteiger partial charge in [-0.2, -0.15) is 0 Å². The number of carbonyl (C=O) groups is 1. The minimum Gasteiger partial charge on any atom is -0.497 e. The van der Waals surface area contributed by atoms with Gasteiger partial charge in [0.05, 0.1) is 25.4 Å². The van der Waals surface area contributed by atoms with Crippen molar-refractivity contribution in [2.75, 3.05) is 14.2 Å². The van der Waals surface area contributed by atoms with Crippen LogP contribution in [0.3, 0.4) is 0 Å². The standard InChI is InChI=1S/C24H25NO3/c1-16-22(17-9-5-4-6-10-17)21-11-7-8-12-25(21)23(16)24(26)18-13-19(27-2)15-20(14-18)28-3/h7-9,11-15H,4-6,10H2,1-3H3. The molecular formula is C24H25NO3. The van der Waals surface area contributed by atoms with Gasteiger partial charge < -0.3 is 13.9 Å². The van der Waals surface area contributed by atoms with E-state index in [-0.39, 0.29) is 5.78 Å². The van der Waals surface area contributed by atoms with Gasteiger partial charge in [0.2, 0.25) is 5.78 Å². The highest BCUT2D eigenvalue weighted by molar-refractivity contribution is 6.11. The quantitative estimate of drug-likeness (QED) is 0.557. The molecule has 4 rings (SSSR count). The van der Waals surface area contributed by atoms with E-state index < -0.39 is 0 Å². The molecule has 0 unspecified atom stereocenters. The number of methoxy groups -OCH3 is 2. The molecule has 0 amide bonds. The Hall–Kier alpha value is -3.01. The number of ketones is 1. The Morgan fingerprint density at radius 2 is 1.79 bits per heavy atom. The number of allylic oxidation sites excluding steroid dienone is 2. The van der Waals surface area contributed by atoms with Gasteiger partial charge in [0.15, 0.2) is 0 Å². The maximum atomic E-state index is 13.6. The smallest absolute Gasteiger partial charge is 0.210 e. The monoisotopic (exact) mass is 375 g/mol. The summed E-state index contributed by atoms with van der Waals surface area (Å²) in [6.45, 7) is 2.06. The highest BCUT2D eigenvalue weighted by Gasteiger charge is 2.24. The Kier molecular flexibility index (Phi) is 4.95. The molecule has 0 saturated carbocycles. The van der Waals surface area contributed by atoms with Gasteiger partial charge in [0.1, 0.15) is 11.5 Å². The summed E-state index contributed by atoms with van der Waals surface area (Å²) in [6, 6.07) is 11.4. The number of benzene rings is 1. The van der Waals surface area contributed by atoms with Gasteiger partial charge in [-0.3, -0.25) is 4.79 Å². The summed E-state index contributed by atoms with van der Waals surface area (Å²) in [5.41, 5.74) is 5.95. The minimum absolute atomic E-state index is 0.0291. The number of hydrogen-bond donors (Lipinski definition) is 0. The average Bonchev–Trinajstić information content (AvgIpc) is 3.05. The van der Waals surface area contributed by atoms with Crippen molar-refractivity contribution in [2.24, 2.45) is 0 Å². The molecule has 1 aliphatic rings. The summed E-state index contributed by atoms with van der Waals surface area (Å²) in [4.78, 5) is 13.6. The van der Waals surface area contributed by atoms with Crippen molar-refractivity contribution in [3.05, 3.63) is 71.1 Å². The zero-order valence-corrected chi connectivity index (χ0v) is 16.6. The fourth-order valence-corrected chi connectivity index (χ4v) is 4.16. The van der Waals surface area contributed by atoms with Crippen LogP contribution in [0, 0.1) is 6.92 Å². The first kappa shape index (κ1) is 18.4. The molecule has 0 atom stereocenters. The van der Waals surface area contributed by atoms with Gasteiger partial charge in [-0.25, -0.2) is 0 Å². The molecule has 1 aromatic carbocycles. The first-order valence-corrected chi connectivity index (χ1v) is 9.71. The Morgan fingerprint density at radius 1 is 1.04 bits per heavy atom. The molecule has 0 fully saturated rings. The number of rotatable bonds is 5. The fourth-order valence-electron chi connectivity index (χ4n) is 4.16. The maximum absolute atomic E-state index is 13.6. The number of nitrogens with zero attached hydrogens (tertiary/aromatic N) is 1. The van der Waals surface area contributed by atoms with E-state index in [1.165, 1.54) is 24.0 Å². The van der Waals surface area contributed by atoms with Gasteiger partial charge in [-0.1, -0.05) is 12.1 Å². The number of pyridine rings is 1. The summed E-state index contributed by atoms with van der Waals surface area (Å²) in [5, 5.41) is 0. The number of carbonyl (C=O) groups excluding carboxylic acids is 1. The molecule has 144 valence electrons. The average molecular weight is 375 g/mol. The van der Waals surface area contributed by atoms with Crippen LogP contribution >= 0.6 is 0 Å². The Bertz CT molecular complexity index is 1050. The van der Waals surface area contributed by atoms with E-state index in [9.17, 15) is 4.79 Å². The first-order valence-electron chi connectivity index (χ1n) is 9.71. The lowest BCUT2D eigenvalue weighted by Crippen LogP contribution is -2.07. The van der Waals surface area contributed by atoms with E-state index in [2.05, 4.69) is 19.1 Å². The summed E-state index contributed by atoms with van der Waals surface area (Å²) in [7, 11) is 3.18. The van der Waals surface area contributed by atoms with Crippen molar-refractivity contribution in [3.8, 4) is 11.5 Å². The predicted molar refractivity (Wildman–Crippen MR) is 112 cm³/mol. The highest BCUT2D eigenvalue weighted by Crippen LogP contribution is 2.36. The normalized spacial score (nSPS) is 14.0. The van der Waals surface area contributed by atoms with Crippen LogP contribution in [-0.4, -0.2) is 24.4 Å². The molecule has 2 aromatic heterocycles. The summed E-state index contributed by atoms with van der Waals surface area (Å²) in [6.07, 6.45) is 8.92. The fraction of sp³-hybridized carbons (Fsp3) is 0.292. The molecule has 1 aliphatic carbocycles. The first-order chi connectivity index (χ1) is 13.6. The summed E-state index contributed by atoms with van der Waals surface area (Å²) >= 11 is 0. The lowest BCUT2D eigenvalue weighted by molar-refractivity contribution is 0.103. The second-order valence-electron chi connectivity index (χ2n) is 7.21. The molecule has 28 heavy (non-hydrogen) atoms. The maximum Gasteiger partial charge on any atom is 0.210 e. The van der Waals surface area contributed by atoms with E-state index in [4.69, 9.17) is 9.47 Å². The number of aromatic nitrogens is 1. The minimum atomic E-state index is -0.0291.